The third-order valence-electron chi connectivity index (χ3n) is 1.59. The Morgan fingerprint density at radius 2 is 2.00 bits per heavy atom. The van der Waals surface area contributed by atoms with Crippen molar-refractivity contribution in [1.29, 1.82) is 5.26 Å². The number of carbonyl (C=O) groups excluding carboxylic acids is 1. The fraction of sp³-hybridized carbons (Fsp3) is 0.636. The molecule has 0 radical (unpaired) electrons. The van der Waals surface area contributed by atoms with Gasteiger partial charge in [0.05, 0.1) is 18.8 Å². The Kier molecular flexibility index (Phi) is 5.46. The lowest BCUT2D eigenvalue weighted by Gasteiger charge is -2.21. The van der Waals surface area contributed by atoms with Crippen molar-refractivity contribution in [3.63, 3.8) is 0 Å². The largest absolute Gasteiger partial charge is 0.485 e. The summed E-state index contributed by atoms with van der Waals surface area (Å²) >= 11 is 0. The Hall–Kier alpha value is -1.50. The number of allylic oxidation sites excluding steroid dienone is 2. The Morgan fingerprint density at radius 3 is 2.40 bits per heavy atom. The minimum absolute atomic E-state index is 0.154. The molecule has 15 heavy (non-hydrogen) atoms. The third kappa shape index (κ3) is 5.74. The van der Waals surface area contributed by atoms with Crippen molar-refractivity contribution < 1.29 is 14.3 Å². The minimum Gasteiger partial charge on any atom is -0.485 e. The molecule has 0 saturated heterocycles. The van der Waals surface area contributed by atoms with Gasteiger partial charge in [-0.15, -0.1) is 0 Å². The lowest BCUT2D eigenvalue weighted by atomic mass is 9.93. The number of carbonyl (C=O) groups is 1. The molecule has 0 aromatic heterocycles. The summed E-state index contributed by atoms with van der Waals surface area (Å²) in [4.78, 5) is 11.0. The van der Waals surface area contributed by atoms with Crippen molar-refractivity contribution >= 4 is 5.97 Å². The number of hydrogen-bond acceptors (Lipinski definition) is 4. The predicted octanol–water partition coefficient (Wildman–Crippen LogP) is 2.02. The first kappa shape index (κ1) is 13.5. The molecule has 4 nitrogen and oxygen atoms in total. The van der Waals surface area contributed by atoms with E-state index in [2.05, 4.69) is 0 Å². The summed E-state index contributed by atoms with van der Waals surface area (Å²) in [6.07, 6.45) is 1.30. The van der Waals surface area contributed by atoms with Crippen LogP contribution < -0.4 is 0 Å². The maximum Gasteiger partial charge on any atom is 0.344 e. The van der Waals surface area contributed by atoms with Crippen LogP contribution in [0, 0.1) is 16.7 Å². The van der Waals surface area contributed by atoms with Gasteiger partial charge >= 0.3 is 5.97 Å². The van der Waals surface area contributed by atoms with Gasteiger partial charge in [0.15, 0.2) is 6.61 Å². The summed E-state index contributed by atoms with van der Waals surface area (Å²) in [5.41, 5.74) is -0.289. The molecule has 0 saturated carbocycles. The Labute approximate surface area is 90.5 Å². The van der Waals surface area contributed by atoms with Crippen molar-refractivity contribution in [2.75, 3.05) is 13.2 Å². The van der Waals surface area contributed by atoms with E-state index in [9.17, 15) is 4.79 Å². The quantitative estimate of drug-likeness (QED) is 0.405. The highest BCUT2D eigenvalue weighted by atomic mass is 16.6. The van der Waals surface area contributed by atoms with Crippen molar-refractivity contribution in [2.24, 2.45) is 5.41 Å². The van der Waals surface area contributed by atoms with Crippen LogP contribution in [0.2, 0.25) is 0 Å². The molecule has 0 amide bonds. The van der Waals surface area contributed by atoms with Crippen molar-refractivity contribution in [3.05, 3.63) is 11.8 Å². The van der Waals surface area contributed by atoms with E-state index in [0.29, 0.717) is 12.4 Å². The molecule has 0 bridgehead atoms. The van der Waals surface area contributed by atoms with Crippen LogP contribution in [0.4, 0.5) is 0 Å². The van der Waals surface area contributed by atoms with Crippen LogP contribution in [0.25, 0.3) is 0 Å². The number of rotatable bonds is 4. The molecule has 0 unspecified atom stereocenters. The fourth-order valence-electron chi connectivity index (χ4n) is 0.873. The van der Waals surface area contributed by atoms with E-state index in [0.717, 1.165) is 0 Å². The van der Waals surface area contributed by atoms with Gasteiger partial charge in [-0.3, -0.25) is 0 Å². The number of ether oxygens (including phenoxy) is 2. The minimum atomic E-state index is -0.425. The van der Waals surface area contributed by atoms with Crippen molar-refractivity contribution in [3.8, 4) is 6.07 Å². The Bertz CT molecular complexity index is 281. The zero-order chi connectivity index (χ0) is 11.9. The molecule has 0 spiro atoms. The van der Waals surface area contributed by atoms with Gasteiger partial charge < -0.3 is 9.47 Å². The summed E-state index contributed by atoms with van der Waals surface area (Å²) in [5.74, 6) is 0.0589. The Morgan fingerprint density at radius 1 is 1.40 bits per heavy atom. The molecular weight excluding hydrogens is 194 g/mol. The molecule has 0 atom stereocenters. The first-order chi connectivity index (χ1) is 6.91. The smallest absolute Gasteiger partial charge is 0.344 e. The second-order valence-corrected chi connectivity index (χ2v) is 3.98. The van der Waals surface area contributed by atoms with Gasteiger partial charge in [-0.05, 0) is 6.92 Å². The lowest BCUT2D eigenvalue weighted by Crippen LogP contribution is -2.18. The van der Waals surface area contributed by atoms with Crippen LogP contribution in [-0.2, 0) is 14.3 Å². The molecule has 0 aliphatic rings. The van der Waals surface area contributed by atoms with Gasteiger partial charge in [0, 0.05) is 5.41 Å². The highest BCUT2D eigenvalue weighted by Gasteiger charge is 2.19. The summed E-state index contributed by atoms with van der Waals surface area (Å²) in [7, 11) is 0. The maximum atomic E-state index is 11.0. The van der Waals surface area contributed by atoms with Gasteiger partial charge in [-0.25, -0.2) is 4.79 Å². The molecular formula is C11H17NO3. The van der Waals surface area contributed by atoms with Crippen LogP contribution in [0.15, 0.2) is 11.8 Å². The van der Waals surface area contributed by atoms with E-state index in [1.807, 2.05) is 26.8 Å². The van der Waals surface area contributed by atoms with Gasteiger partial charge in [0.2, 0.25) is 0 Å². The zero-order valence-electron chi connectivity index (χ0n) is 9.66. The highest BCUT2D eigenvalue weighted by molar-refractivity contribution is 5.70. The van der Waals surface area contributed by atoms with E-state index >= 15 is 0 Å². The van der Waals surface area contributed by atoms with Gasteiger partial charge in [-0.1, -0.05) is 20.8 Å². The van der Waals surface area contributed by atoms with Crippen molar-refractivity contribution in [1.82, 2.24) is 0 Å². The average Bonchev–Trinajstić information content (AvgIpc) is 2.10. The molecule has 0 aromatic rings. The summed E-state index contributed by atoms with van der Waals surface area (Å²) < 4.78 is 9.93. The molecule has 0 aliphatic carbocycles. The molecule has 0 N–H and O–H groups in total. The topological polar surface area (TPSA) is 59.3 Å². The number of nitriles is 1. The molecule has 0 aliphatic heterocycles. The fourth-order valence-corrected chi connectivity index (χ4v) is 0.873. The predicted molar refractivity (Wildman–Crippen MR) is 55.7 cm³/mol. The van der Waals surface area contributed by atoms with E-state index in [1.165, 1.54) is 6.08 Å². The standard InChI is InChI=1S/C11H17NO3/c1-5-14-10(13)8-15-9(6-7-12)11(2,3)4/h6H,5,8H2,1-4H3/b9-6-. The maximum absolute atomic E-state index is 11.0. The second kappa shape index (κ2) is 6.07. The average molecular weight is 211 g/mol. The zero-order valence-corrected chi connectivity index (χ0v) is 9.66. The van der Waals surface area contributed by atoms with Crippen LogP contribution in [0.3, 0.4) is 0 Å². The second-order valence-electron chi connectivity index (χ2n) is 3.98. The van der Waals surface area contributed by atoms with Crippen LogP contribution in [0.1, 0.15) is 27.7 Å². The van der Waals surface area contributed by atoms with E-state index in [4.69, 9.17) is 14.7 Å². The summed E-state index contributed by atoms with van der Waals surface area (Å²) in [6, 6.07) is 1.89. The van der Waals surface area contributed by atoms with Crippen molar-refractivity contribution in [2.45, 2.75) is 27.7 Å². The van der Waals surface area contributed by atoms with E-state index < -0.39 is 5.97 Å². The molecule has 0 rings (SSSR count). The first-order valence-corrected chi connectivity index (χ1v) is 4.80. The highest BCUT2D eigenvalue weighted by Crippen LogP contribution is 2.25. The molecule has 4 heteroatoms. The molecule has 0 aromatic carbocycles. The third-order valence-corrected chi connectivity index (χ3v) is 1.59. The SMILES string of the molecule is CCOC(=O)CO/C(=C\C#N)C(C)(C)C. The van der Waals surface area contributed by atoms with Gasteiger partial charge in [-0.2, -0.15) is 5.26 Å². The van der Waals surface area contributed by atoms with Gasteiger partial charge in [0.1, 0.15) is 5.76 Å². The van der Waals surface area contributed by atoms with Crippen LogP contribution >= 0.6 is 0 Å². The lowest BCUT2D eigenvalue weighted by molar-refractivity contribution is -0.147. The summed E-state index contributed by atoms with van der Waals surface area (Å²) in [5, 5.41) is 8.55. The number of nitrogens with zero attached hydrogens (tertiary/aromatic N) is 1. The number of hydrogen-bond donors (Lipinski definition) is 0. The molecule has 0 fully saturated rings. The van der Waals surface area contributed by atoms with E-state index in [1.54, 1.807) is 6.92 Å². The summed E-state index contributed by atoms with van der Waals surface area (Å²) in [6.45, 7) is 7.62. The van der Waals surface area contributed by atoms with E-state index in [-0.39, 0.29) is 12.0 Å². The first-order valence-electron chi connectivity index (χ1n) is 4.80. The molecule has 0 heterocycles. The normalized spacial score (nSPS) is 11.8. The molecule has 84 valence electrons. The Balaban J connectivity index is 4.30. The number of esters is 1. The van der Waals surface area contributed by atoms with Crippen LogP contribution in [-0.4, -0.2) is 19.2 Å². The van der Waals surface area contributed by atoms with Crippen LogP contribution in [0.5, 0.6) is 0 Å². The monoisotopic (exact) mass is 211 g/mol. The van der Waals surface area contributed by atoms with Gasteiger partial charge in [0.25, 0.3) is 0 Å².